The fraction of sp³-hybridized carbons (Fsp3) is 0.444. The molecule has 0 aliphatic carbocycles. The van der Waals surface area contributed by atoms with Crippen LogP contribution in [0.5, 0.6) is 0 Å². The molecular formula is C18H24N4O2. The van der Waals surface area contributed by atoms with E-state index in [1.807, 2.05) is 6.07 Å². The highest BCUT2D eigenvalue weighted by molar-refractivity contribution is 5.91. The summed E-state index contributed by atoms with van der Waals surface area (Å²) in [5, 5.41) is 6.60. The van der Waals surface area contributed by atoms with E-state index in [1.165, 1.54) is 5.69 Å². The number of piperazine rings is 1. The molecule has 0 spiro atoms. The van der Waals surface area contributed by atoms with Gasteiger partial charge in [-0.3, -0.25) is 9.69 Å². The van der Waals surface area contributed by atoms with E-state index in [1.54, 1.807) is 13.0 Å². The van der Waals surface area contributed by atoms with Crippen LogP contribution in [0.2, 0.25) is 0 Å². The topological polar surface area (TPSA) is 61.6 Å². The minimum atomic E-state index is -0.190. The molecule has 6 heteroatoms. The molecule has 2 aromatic rings. The number of hydrogen-bond donors (Lipinski definition) is 1. The van der Waals surface area contributed by atoms with Crippen molar-refractivity contribution in [3.8, 4) is 0 Å². The van der Waals surface area contributed by atoms with Gasteiger partial charge in [-0.1, -0.05) is 23.4 Å². The number of nitrogens with one attached hydrogen (secondary N) is 1. The SMILES string of the molecule is Cc1cc(C(=O)NCCCN2CCN(c3ccccc3)CC2)on1. The molecule has 1 amide bonds. The van der Waals surface area contributed by atoms with Gasteiger partial charge in [-0.25, -0.2) is 0 Å². The van der Waals surface area contributed by atoms with E-state index in [4.69, 9.17) is 4.52 Å². The molecule has 3 rings (SSSR count). The third-order valence-corrected chi connectivity index (χ3v) is 4.28. The number of hydrogen-bond acceptors (Lipinski definition) is 5. The van der Waals surface area contributed by atoms with Gasteiger partial charge in [0.2, 0.25) is 5.76 Å². The summed E-state index contributed by atoms with van der Waals surface area (Å²) in [5.74, 6) is 0.0912. The first-order valence-electron chi connectivity index (χ1n) is 8.46. The molecule has 1 saturated heterocycles. The van der Waals surface area contributed by atoms with Crippen molar-refractivity contribution in [3.05, 3.63) is 47.9 Å². The zero-order chi connectivity index (χ0) is 16.8. The second kappa shape index (κ2) is 7.97. The van der Waals surface area contributed by atoms with Crippen molar-refractivity contribution in [3.63, 3.8) is 0 Å². The Balaban J connectivity index is 1.33. The summed E-state index contributed by atoms with van der Waals surface area (Å²) in [6, 6.07) is 12.2. The van der Waals surface area contributed by atoms with Crippen molar-refractivity contribution in [2.75, 3.05) is 44.2 Å². The van der Waals surface area contributed by atoms with Crippen molar-refractivity contribution in [1.29, 1.82) is 0 Å². The van der Waals surface area contributed by atoms with Crippen LogP contribution in [-0.2, 0) is 0 Å². The Kier molecular flexibility index (Phi) is 5.48. The van der Waals surface area contributed by atoms with E-state index in [2.05, 4.69) is 44.5 Å². The summed E-state index contributed by atoms with van der Waals surface area (Å²) in [4.78, 5) is 16.7. The highest BCUT2D eigenvalue weighted by atomic mass is 16.5. The van der Waals surface area contributed by atoms with Crippen LogP contribution in [0.25, 0.3) is 0 Å². The van der Waals surface area contributed by atoms with Gasteiger partial charge in [-0.15, -0.1) is 0 Å². The smallest absolute Gasteiger partial charge is 0.289 e. The van der Waals surface area contributed by atoms with Crippen LogP contribution < -0.4 is 10.2 Å². The number of para-hydroxylation sites is 1. The number of anilines is 1. The number of nitrogens with zero attached hydrogens (tertiary/aromatic N) is 3. The highest BCUT2D eigenvalue weighted by Gasteiger charge is 2.17. The monoisotopic (exact) mass is 328 g/mol. The van der Waals surface area contributed by atoms with E-state index in [9.17, 15) is 4.79 Å². The van der Waals surface area contributed by atoms with Gasteiger partial charge in [0.25, 0.3) is 5.91 Å². The largest absolute Gasteiger partial charge is 0.369 e. The average Bonchev–Trinajstić information content (AvgIpc) is 3.06. The molecule has 24 heavy (non-hydrogen) atoms. The molecule has 1 N–H and O–H groups in total. The quantitative estimate of drug-likeness (QED) is 0.821. The maximum Gasteiger partial charge on any atom is 0.289 e. The first-order chi connectivity index (χ1) is 11.7. The molecule has 2 heterocycles. The van der Waals surface area contributed by atoms with Gasteiger partial charge in [-0.2, -0.15) is 0 Å². The first kappa shape index (κ1) is 16.5. The normalized spacial score (nSPS) is 15.5. The van der Waals surface area contributed by atoms with Crippen LogP contribution >= 0.6 is 0 Å². The molecule has 0 atom stereocenters. The fourth-order valence-corrected chi connectivity index (χ4v) is 2.93. The van der Waals surface area contributed by atoms with Crippen LogP contribution in [0.4, 0.5) is 5.69 Å². The highest BCUT2D eigenvalue weighted by Crippen LogP contribution is 2.15. The lowest BCUT2D eigenvalue weighted by atomic mass is 10.2. The number of amides is 1. The second-order valence-corrected chi connectivity index (χ2v) is 6.11. The molecular weight excluding hydrogens is 304 g/mol. The molecule has 6 nitrogen and oxygen atoms in total. The summed E-state index contributed by atoms with van der Waals surface area (Å²) in [6.07, 6.45) is 0.935. The zero-order valence-electron chi connectivity index (χ0n) is 14.1. The van der Waals surface area contributed by atoms with Crippen LogP contribution in [0, 0.1) is 6.92 Å². The Morgan fingerprint density at radius 2 is 1.96 bits per heavy atom. The minimum absolute atomic E-state index is 0.190. The van der Waals surface area contributed by atoms with Crippen LogP contribution in [0.3, 0.4) is 0 Å². The minimum Gasteiger partial charge on any atom is -0.369 e. The van der Waals surface area contributed by atoms with E-state index in [0.717, 1.165) is 44.8 Å². The number of aryl methyl sites for hydroxylation is 1. The van der Waals surface area contributed by atoms with Crippen molar-refractivity contribution in [2.45, 2.75) is 13.3 Å². The zero-order valence-corrected chi connectivity index (χ0v) is 14.1. The van der Waals surface area contributed by atoms with Gasteiger partial charge in [0.1, 0.15) is 0 Å². The maximum atomic E-state index is 11.8. The molecule has 1 aromatic carbocycles. The van der Waals surface area contributed by atoms with Crippen molar-refractivity contribution >= 4 is 11.6 Å². The molecule has 1 aromatic heterocycles. The number of carbonyl (C=O) groups excluding carboxylic acids is 1. The fourth-order valence-electron chi connectivity index (χ4n) is 2.93. The van der Waals surface area contributed by atoms with Crippen LogP contribution in [0.1, 0.15) is 22.7 Å². The Morgan fingerprint density at radius 3 is 2.62 bits per heavy atom. The van der Waals surface area contributed by atoms with Gasteiger partial charge in [0, 0.05) is 44.5 Å². The van der Waals surface area contributed by atoms with E-state index < -0.39 is 0 Å². The lowest BCUT2D eigenvalue weighted by Crippen LogP contribution is -2.47. The predicted molar refractivity (Wildman–Crippen MR) is 93.3 cm³/mol. The van der Waals surface area contributed by atoms with E-state index in [0.29, 0.717) is 6.54 Å². The summed E-state index contributed by atoms with van der Waals surface area (Å²) < 4.78 is 4.95. The average molecular weight is 328 g/mol. The van der Waals surface area contributed by atoms with Crippen molar-refractivity contribution in [2.24, 2.45) is 0 Å². The molecule has 1 aliphatic rings. The van der Waals surface area contributed by atoms with Crippen molar-refractivity contribution < 1.29 is 9.32 Å². The Hall–Kier alpha value is -2.34. The predicted octanol–water partition coefficient (Wildman–Crippen LogP) is 1.93. The molecule has 1 fully saturated rings. The first-order valence-corrected chi connectivity index (χ1v) is 8.46. The number of aromatic nitrogens is 1. The molecule has 0 bridgehead atoms. The standard InChI is InChI=1S/C18H24N4O2/c1-15-14-17(24-20-15)18(23)19-8-5-9-21-10-12-22(13-11-21)16-6-3-2-4-7-16/h2-4,6-7,14H,5,8-13H2,1H3,(H,19,23). The summed E-state index contributed by atoms with van der Waals surface area (Å²) >= 11 is 0. The number of carbonyl (C=O) groups is 1. The van der Waals surface area contributed by atoms with Gasteiger partial charge < -0.3 is 14.7 Å². The Bertz CT molecular complexity index is 648. The second-order valence-electron chi connectivity index (χ2n) is 6.11. The van der Waals surface area contributed by atoms with Gasteiger partial charge >= 0.3 is 0 Å². The molecule has 0 unspecified atom stereocenters. The summed E-state index contributed by atoms with van der Waals surface area (Å²) in [6.45, 7) is 7.67. The third kappa shape index (κ3) is 4.35. The Morgan fingerprint density at radius 1 is 1.21 bits per heavy atom. The number of benzene rings is 1. The van der Waals surface area contributed by atoms with Gasteiger partial charge in [0.15, 0.2) is 0 Å². The summed E-state index contributed by atoms with van der Waals surface area (Å²) in [7, 11) is 0. The lowest BCUT2D eigenvalue weighted by Gasteiger charge is -2.36. The summed E-state index contributed by atoms with van der Waals surface area (Å²) in [5.41, 5.74) is 2.02. The number of rotatable bonds is 6. The van der Waals surface area contributed by atoms with Gasteiger partial charge in [0.05, 0.1) is 5.69 Å². The Labute approximate surface area is 142 Å². The van der Waals surface area contributed by atoms with E-state index in [-0.39, 0.29) is 11.7 Å². The third-order valence-electron chi connectivity index (χ3n) is 4.28. The molecule has 128 valence electrons. The molecule has 0 saturated carbocycles. The van der Waals surface area contributed by atoms with Gasteiger partial charge in [-0.05, 0) is 32.0 Å². The van der Waals surface area contributed by atoms with E-state index >= 15 is 0 Å². The van der Waals surface area contributed by atoms with Crippen LogP contribution in [0.15, 0.2) is 40.9 Å². The van der Waals surface area contributed by atoms with Crippen molar-refractivity contribution in [1.82, 2.24) is 15.4 Å². The molecule has 0 radical (unpaired) electrons. The van der Waals surface area contributed by atoms with Crippen LogP contribution in [-0.4, -0.2) is 55.2 Å². The maximum absolute atomic E-state index is 11.8. The lowest BCUT2D eigenvalue weighted by molar-refractivity contribution is 0.0914. The molecule has 1 aliphatic heterocycles.